The van der Waals surface area contributed by atoms with Gasteiger partial charge in [-0.1, -0.05) is 244 Å². The van der Waals surface area contributed by atoms with Crippen molar-refractivity contribution in [2.75, 3.05) is 18.1 Å². The van der Waals surface area contributed by atoms with Crippen LogP contribution in [0, 0.1) is 5.92 Å². The first-order valence-corrected chi connectivity index (χ1v) is 27.6. The van der Waals surface area contributed by atoms with E-state index in [4.69, 9.17) is 4.74 Å². The molecule has 0 unspecified atom stereocenters. The van der Waals surface area contributed by atoms with Gasteiger partial charge in [-0.15, -0.1) is 23.5 Å². The van der Waals surface area contributed by atoms with Crippen LogP contribution in [0.15, 0.2) is 231 Å². The van der Waals surface area contributed by atoms with Crippen LogP contribution in [-0.4, -0.2) is 53.8 Å². The number of hydrogen-bond acceptors (Lipinski definition) is 7. The summed E-state index contributed by atoms with van der Waals surface area (Å²) < 4.78 is 4.68. The number of rotatable bonds is 20. The lowest BCUT2D eigenvalue weighted by molar-refractivity contribution is -0.128. The van der Waals surface area contributed by atoms with Crippen LogP contribution in [0.2, 0.25) is 0 Å². The van der Waals surface area contributed by atoms with Crippen molar-refractivity contribution in [1.82, 2.24) is 10.6 Å². The topological polar surface area (TPSA) is 102 Å². The molecule has 0 aromatic heterocycles. The monoisotopic (exact) mass is 1030 g/mol. The Morgan fingerprint density at radius 2 is 0.747 bits per heavy atom. The molecule has 0 saturated carbocycles. The summed E-state index contributed by atoms with van der Waals surface area (Å²) in [5.74, 6) is 0.433. The minimum absolute atomic E-state index is 0.0303. The Kier molecular flexibility index (Phi) is 18.4. The molecule has 3 atom stereocenters. The van der Waals surface area contributed by atoms with Gasteiger partial charge in [0.05, 0.1) is 21.6 Å². The summed E-state index contributed by atoms with van der Waals surface area (Å²) in [6.45, 7) is 7.13. The van der Waals surface area contributed by atoms with Crippen LogP contribution in [0.1, 0.15) is 84.5 Å². The van der Waals surface area contributed by atoms with Crippen molar-refractivity contribution in [3.8, 4) is 11.1 Å². The zero-order chi connectivity index (χ0) is 52.6. The number of carbonyl (C=O) groups excluding carboxylic acids is 4. The highest BCUT2D eigenvalue weighted by atomic mass is 32.2. The van der Waals surface area contributed by atoms with E-state index in [9.17, 15) is 19.2 Å². The second-order valence-corrected chi connectivity index (χ2v) is 21.3. The highest BCUT2D eigenvalue weighted by Gasteiger charge is 2.40. The van der Waals surface area contributed by atoms with Gasteiger partial charge in [0, 0.05) is 23.3 Å². The van der Waals surface area contributed by atoms with Crippen LogP contribution >= 0.6 is 23.5 Å². The quantitative estimate of drug-likeness (QED) is 0.0733. The number of hydrogen-bond donors (Lipinski definition) is 2. The Morgan fingerprint density at radius 1 is 0.453 bits per heavy atom. The van der Waals surface area contributed by atoms with Gasteiger partial charge >= 0.3 is 6.09 Å². The molecule has 1 aliphatic rings. The average molecular weight is 1030 g/mol. The molecule has 1 aliphatic carbocycles. The number of ether oxygens (including phenoxy) is 1. The van der Waals surface area contributed by atoms with E-state index < -0.39 is 27.7 Å². The van der Waals surface area contributed by atoms with Gasteiger partial charge in [0.1, 0.15) is 6.61 Å². The number of amides is 2. The van der Waals surface area contributed by atoms with Gasteiger partial charge in [0.15, 0.2) is 11.6 Å². The van der Waals surface area contributed by atoms with Crippen LogP contribution in [0.4, 0.5) is 4.79 Å². The molecule has 0 fully saturated rings. The number of fused-ring (bicyclic) bond motifs is 3. The number of carbonyl (C=O) groups is 4. The molecule has 9 heteroatoms. The number of Topliss-reactive ketones (excluding diaryl/α,β-unsaturated/α-hetero) is 2. The van der Waals surface area contributed by atoms with Crippen molar-refractivity contribution >= 4 is 47.1 Å². The Bertz CT molecular complexity index is 2880. The molecule has 0 spiro atoms. The van der Waals surface area contributed by atoms with Crippen LogP contribution < -0.4 is 10.6 Å². The standard InChI is InChI=1S/C38H33NO3S.C28H31NO2S/c1-27(40)36(39-37(41)42-25-35-33-23-13-11-21-31(33)32-22-12-14-24-34(32)35)26-43-38(28-15-5-2-6-16-28,29-17-7-3-8-18-29)30-19-9-4-10-20-30;1-4-21(2)27(31)29-26(22(3)30)20-32-28(23-14-8-5-9-15-23,24-16-10-6-11-17-24)25-18-12-7-13-19-25/h2-24,35-36H,25-26H2,1H3,(H,39,41);5-19,21,26H,4,20H2,1-3H3,(H,29,31)/t36-;21-,26-/m00/s1. The third-order valence-corrected chi connectivity index (χ3v) is 17.3. The SMILES string of the molecule is CC(=O)[C@H](CSC(c1ccccc1)(c1ccccc1)c1ccccc1)NC(=O)OCC1c2ccccc2-c2ccccc21.CC[C@H](C)C(=O)N[C@@H](CSC(c1ccccc1)(c1ccccc1)c1ccccc1)C(C)=O. The normalized spacial score (nSPS) is 13.1. The summed E-state index contributed by atoms with van der Waals surface area (Å²) in [5, 5.41) is 5.87. The first kappa shape index (κ1) is 53.8. The second-order valence-electron chi connectivity index (χ2n) is 18.8. The Balaban J connectivity index is 0.000000209. The summed E-state index contributed by atoms with van der Waals surface area (Å²) in [6.07, 6.45) is 0.151. The van der Waals surface area contributed by atoms with Crippen LogP contribution in [0.5, 0.6) is 0 Å². The molecule has 0 radical (unpaired) electrons. The highest BCUT2D eigenvalue weighted by molar-refractivity contribution is 8.01. The molecule has 0 aliphatic heterocycles. The molecular weight excluding hydrogens is 965 g/mol. The van der Waals surface area contributed by atoms with Gasteiger partial charge in [-0.2, -0.15) is 0 Å². The number of ketones is 2. The summed E-state index contributed by atoms with van der Waals surface area (Å²) in [7, 11) is 0. The van der Waals surface area contributed by atoms with Gasteiger partial charge < -0.3 is 15.4 Å². The highest BCUT2D eigenvalue weighted by Crippen LogP contribution is 2.50. The number of alkyl carbamates (subject to hydrolysis) is 1. The third kappa shape index (κ3) is 12.4. The van der Waals surface area contributed by atoms with Gasteiger partial charge in [-0.25, -0.2) is 4.79 Å². The molecule has 2 N–H and O–H groups in total. The van der Waals surface area contributed by atoms with Crippen molar-refractivity contribution in [3.05, 3.63) is 275 Å². The molecule has 2 amide bonds. The lowest BCUT2D eigenvalue weighted by Gasteiger charge is -2.36. The molecule has 7 nitrogen and oxygen atoms in total. The molecule has 0 bridgehead atoms. The van der Waals surface area contributed by atoms with Gasteiger partial charge in [0.2, 0.25) is 5.91 Å². The largest absolute Gasteiger partial charge is 0.449 e. The maximum absolute atomic E-state index is 13.2. The minimum atomic E-state index is -0.726. The van der Waals surface area contributed by atoms with Crippen molar-refractivity contribution in [3.63, 3.8) is 0 Å². The summed E-state index contributed by atoms with van der Waals surface area (Å²) in [4.78, 5) is 51.1. The number of nitrogens with one attached hydrogen (secondary N) is 2. The van der Waals surface area contributed by atoms with E-state index in [0.717, 1.165) is 50.9 Å². The predicted molar refractivity (Wildman–Crippen MR) is 308 cm³/mol. The van der Waals surface area contributed by atoms with E-state index in [1.165, 1.54) is 18.1 Å². The van der Waals surface area contributed by atoms with Gasteiger partial charge in [-0.05, 0) is 75.9 Å². The third-order valence-electron chi connectivity index (χ3n) is 14.0. The molecule has 380 valence electrons. The smallest absolute Gasteiger partial charge is 0.407 e. The summed E-state index contributed by atoms with van der Waals surface area (Å²) >= 11 is 3.33. The fraction of sp³-hybridized carbons (Fsp3) is 0.212. The number of thioether (sulfide) groups is 2. The van der Waals surface area contributed by atoms with Crippen molar-refractivity contribution in [1.29, 1.82) is 0 Å². The van der Waals surface area contributed by atoms with Crippen LogP contribution in [0.3, 0.4) is 0 Å². The number of benzene rings is 8. The van der Waals surface area contributed by atoms with E-state index in [1.807, 2.05) is 147 Å². The lowest BCUT2D eigenvalue weighted by Crippen LogP contribution is -2.44. The summed E-state index contributed by atoms with van der Waals surface area (Å²) in [6, 6.07) is 77.3. The Labute approximate surface area is 451 Å². The Morgan fingerprint density at radius 3 is 1.05 bits per heavy atom. The molecule has 0 saturated heterocycles. The minimum Gasteiger partial charge on any atom is -0.449 e. The van der Waals surface area contributed by atoms with Crippen molar-refractivity contribution in [2.45, 2.75) is 61.6 Å². The predicted octanol–water partition coefficient (Wildman–Crippen LogP) is 14.0. The van der Waals surface area contributed by atoms with Gasteiger partial charge in [0.25, 0.3) is 0 Å². The van der Waals surface area contributed by atoms with Gasteiger partial charge in [-0.3, -0.25) is 14.4 Å². The molecule has 8 aromatic carbocycles. The molecule has 75 heavy (non-hydrogen) atoms. The zero-order valence-corrected chi connectivity index (χ0v) is 44.6. The molecule has 9 rings (SSSR count). The van der Waals surface area contributed by atoms with E-state index in [2.05, 4.69) is 108 Å². The van der Waals surface area contributed by atoms with Crippen molar-refractivity contribution in [2.24, 2.45) is 5.92 Å². The average Bonchev–Trinajstić information content (AvgIpc) is 3.79. The van der Waals surface area contributed by atoms with E-state index in [0.29, 0.717) is 11.5 Å². The molecular formula is C66H64N2O5S2. The van der Waals surface area contributed by atoms with E-state index in [1.54, 1.807) is 30.4 Å². The van der Waals surface area contributed by atoms with Crippen molar-refractivity contribution < 1.29 is 23.9 Å². The summed E-state index contributed by atoms with van der Waals surface area (Å²) in [5.41, 5.74) is 11.3. The fourth-order valence-electron chi connectivity index (χ4n) is 9.76. The Hall–Kier alpha value is -7.46. The fourth-order valence-corrected chi connectivity index (χ4v) is 13.0. The zero-order valence-electron chi connectivity index (χ0n) is 42.9. The molecule has 0 heterocycles. The maximum Gasteiger partial charge on any atom is 0.407 e. The lowest BCUT2D eigenvalue weighted by atomic mass is 9.84. The van der Waals surface area contributed by atoms with Crippen LogP contribution in [0.25, 0.3) is 11.1 Å². The van der Waals surface area contributed by atoms with Crippen LogP contribution in [-0.2, 0) is 28.6 Å². The first-order chi connectivity index (χ1) is 36.6. The first-order valence-electron chi connectivity index (χ1n) is 25.6. The van der Waals surface area contributed by atoms with E-state index >= 15 is 0 Å². The van der Waals surface area contributed by atoms with E-state index in [-0.39, 0.29) is 35.9 Å². The maximum atomic E-state index is 13.2. The molecule has 8 aromatic rings. The second kappa shape index (κ2) is 25.7.